The molecular weight excluding hydrogens is 462 g/mol. The van der Waals surface area contributed by atoms with E-state index in [0.29, 0.717) is 43.9 Å². The minimum atomic E-state index is -3.68. The Kier molecular flexibility index (Phi) is 7.36. The lowest BCUT2D eigenvalue weighted by Gasteiger charge is -2.31. The Morgan fingerprint density at radius 2 is 1.76 bits per heavy atom. The van der Waals surface area contributed by atoms with Gasteiger partial charge in [0.05, 0.1) is 10.8 Å². The van der Waals surface area contributed by atoms with Crippen LogP contribution in [-0.2, 0) is 32.7 Å². The summed E-state index contributed by atoms with van der Waals surface area (Å²) < 4.78 is 27.4. The Hall–Kier alpha value is -2.42. The van der Waals surface area contributed by atoms with Crippen LogP contribution >= 0.6 is 11.6 Å². The summed E-state index contributed by atoms with van der Waals surface area (Å²) in [7, 11) is -3.68. The minimum Gasteiger partial charge on any atom is -0.352 e. The SMILES string of the molecule is O=C(NCc1ccccc1CN1CCCC1=O)[C@@H]1CCCN(S(=O)(=O)c2ccc(Cl)cc2)C1. The molecule has 9 heteroatoms. The quantitative estimate of drug-likeness (QED) is 0.647. The van der Waals surface area contributed by atoms with E-state index in [0.717, 1.165) is 24.1 Å². The highest BCUT2D eigenvalue weighted by Gasteiger charge is 2.33. The molecule has 0 aliphatic carbocycles. The number of rotatable bonds is 7. The van der Waals surface area contributed by atoms with Crippen molar-refractivity contribution in [3.05, 3.63) is 64.7 Å². The molecule has 2 heterocycles. The molecule has 0 radical (unpaired) electrons. The molecule has 1 atom stereocenters. The predicted octanol–water partition coefficient (Wildman–Crippen LogP) is 3.18. The summed E-state index contributed by atoms with van der Waals surface area (Å²) in [5.41, 5.74) is 1.98. The average Bonchev–Trinajstić information content (AvgIpc) is 3.23. The maximum atomic E-state index is 13.0. The number of carbonyl (C=O) groups is 2. The number of carbonyl (C=O) groups excluding carboxylic acids is 2. The highest BCUT2D eigenvalue weighted by atomic mass is 35.5. The van der Waals surface area contributed by atoms with Gasteiger partial charge in [0.25, 0.3) is 0 Å². The first-order valence-corrected chi connectivity index (χ1v) is 13.0. The van der Waals surface area contributed by atoms with Crippen LogP contribution in [0.1, 0.15) is 36.8 Å². The Balaban J connectivity index is 1.38. The van der Waals surface area contributed by atoms with Gasteiger partial charge in [-0.2, -0.15) is 4.31 Å². The number of likely N-dealkylation sites (tertiary alicyclic amines) is 1. The van der Waals surface area contributed by atoms with Gasteiger partial charge in [-0.05, 0) is 54.7 Å². The van der Waals surface area contributed by atoms with Crippen LogP contribution in [0.15, 0.2) is 53.4 Å². The molecule has 2 aliphatic rings. The van der Waals surface area contributed by atoms with Gasteiger partial charge in [-0.15, -0.1) is 0 Å². The molecule has 4 rings (SSSR count). The highest BCUT2D eigenvalue weighted by Crippen LogP contribution is 2.25. The van der Waals surface area contributed by atoms with Gasteiger partial charge in [0, 0.05) is 44.2 Å². The maximum absolute atomic E-state index is 13.0. The zero-order valence-electron chi connectivity index (χ0n) is 18.4. The zero-order chi connectivity index (χ0) is 23.4. The third kappa shape index (κ3) is 5.57. The molecule has 2 amide bonds. The fraction of sp³-hybridized carbons (Fsp3) is 0.417. The van der Waals surface area contributed by atoms with E-state index in [4.69, 9.17) is 11.6 Å². The smallest absolute Gasteiger partial charge is 0.243 e. The molecule has 0 saturated carbocycles. The fourth-order valence-electron chi connectivity index (χ4n) is 4.42. The number of hydrogen-bond acceptors (Lipinski definition) is 4. The second kappa shape index (κ2) is 10.2. The molecule has 176 valence electrons. The van der Waals surface area contributed by atoms with E-state index in [1.807, 2.05) is 29.2 Å². The topological polar surface area (TPSA) is 86.8 Å². The number of halogens is 1. The lowest BCUT2D eigenvalue weighted by molar-refractivity contribution is -0.128. The first-order chi connectivity index (χ1) is 15.8. The van der Waals surface area contributed by atoms with Crippen molar-refractivity contribution in [1.29, 1.82) is 0 Å². The Labute approximate surface area is 199 Å². The lowest BCUT2D eigenvalue weighted by Crippen LogP contribution is -2.45. The molecule has 0 unspecified atom stereocenters. The minimum absolute atomic E-state index is 0.153. The standard InChI is InChI=1S/C24H28ClN3O4S/c25-21-9-11-22(12-10-21)33(31,32)28-14-3-7-20(17-28)24(30)26-15-18-5-1-2-6-19(18)16-27-13-4-8-23(27)29/h1-2,5-6,9-12,20H,3-4,7-8,13-17H2,(H,26,30)/t20-/m1/s1. The van der Waals surface area contributed by atoms with E-state index in [1.54, 1.807) is 12.1 Å². The molecule has 0 aromatic heterocycles. The molecule has 33 heavy (non-hydrogen) atoms. The number of hydrogen-bond donors (Lipinski definition) is 1. The fourth-order valence-corrected chi connectivity index (χ4v) is 6.07. The van der Waals surface area contributed by atoms with E-state index >= 15 is 0 Å². The zero-order valence-corrected chi connectivity index (χ0v) is 19.9. The summed E-state index contributed by atoms with van der Waals surface area (Å²) in [5, 5.41) is 3.45. The molecule has 2 aromatic rings. The Morgan fingerprint density at radius 1 is 1.03 bits per heavy atom. The summed E-state index contributed by atoms with van der Waals surface area (Å²) in [6, 6.07) is 13.9. The van der Waals surface area contributed by atoms with Gasteiger partial charge >= 0.3 is 0 Å². The molecule has 2 fully saturated rings. The maximum Gasteiger partial charge on any atom is 0.243 e. The van der Waals surface area contributed by atoms with Gasteiger partial charge in [-0.25, -0.2) is 8.42 Å². The predicted molar refractivity (Wildman–Crippen MR) is 126 cm³/mol. The van der Waals surface area contributed by atoms with Crippen LogP contribution in [0.5, 0.6) is 0 Å². The normalized spacial score (nSPS) is 19.6. The summed E-state index contributed by atoms with van der Waals surface area (Å²) in [6.45, 7) is 2.20. The van der Waals surface area contributed by atoms with Gasteiger partial charge in [0.1, 0.15) is 0 Å². The van der Waals surface area contributed by atoms with E-state index in [-0.39, 0.29) is 23.3 Å². The van der Waals surface area contributed by atoms with Crippen molar-refractivity contribution in [1.82, 2.24) is 14.5 Å². The highest BCUT2D eigenvalue weighted by molar-refractivity contribution is 7.89. The number of amides is 2. The van der Waals surface area contributed by atoms with Crippen molar-refractivity contribution in [2.75, 3.05) is 19.6 Å². The summed E-state index contributed by atoms with van der Waals surface area (Å²) in [5.74, 6) is -0.399. The Bertz CT molecular complexity index is 1120. The molecule has 1 N–H and O–H groups in total. The second-order valence-corrected chi connectivity index (χ2v) is 10.9. The van der Waals surface area contributed by atoms with E-state index in [2.05, 4.69) is 5.32 Å². The number of piperidine rings is 1. The van der Waals surface area contributed by atoms with Gasteiger partial charge in [0.2, 0.25) is 21.8 Å². The van der Waals surface area contributed by atoms with Crippen LogP contribution in [0.2, 0.25) is 5.02 Å². The largest absolute Gasteiger partial charge is 0.352 e. The first kappa shape index (κ1) is 23.7. The van der Waals surface area contributed by atoms with Crippen molar-refractivity contribution >= 4 is 33.4 Å². The van der Waals surface area contributed by atoms with Crippen molar-refractivity contribution in [2.24, 2.45) is 5.92 Å². The van der Waals surface area contributed by atoms with Crippen molar-refractivity contribution in [3.63, 3.8) is 0 Å². The van der Waals surface area contributed by atoms with Crippen LogP contribution in [0, 0.1) is 5.92 Å². The third-order valence-electron chi connectivity index (χ3n) is 6.31. The van der Waals surface area contributed by atoms with Crippen molar-refractivity contribution < 1.29 is 18.0 Å². The summed E-state index contributed by atoms with van der Waals surface area (Å²) in [4.78, 5) is 26.9. The van der Waals surface area contributed by atoms with E-state index in [9.17, 15) is 18.0 Å². The number of nitrogens with one attached hydrogen (secondary N) is 1. The van der Waals surface area contributed by atoms with Crippen molar-refractivity contribution in [3.8, 4) is 0 Å². The van der Waals surface area contributed by atoms with Crippen LogP contribution in [0.4, 0.5) is 0 Å². The molecule has 0 bridgehead atoms. The van der Waals surface area contributed by atoms with Gasteiger partial charge in [0.15, 0.2) is 0 Å². The first-order valence-electron chi connectivity index (χ1n) is 11.2. The number of sulfonamides is 1. The van der Waals surface area contributed by atoms with Gasteiger partial charge < -0.3 is 10.2 Å². The van der Waals surface area contributed by atoms with Crippen LogP contribution in [-0.4, -0.2) is 49.1 Å². The molecular formula is C24H28ClN3O4S. The number of nitrogens with zero attached hydrogens (tertiary/aromatic N) is 2. The van der Waals surface area contributed by atoms with Crippen LogP contribution in [0.25, 0.3) is 0 Å². The molecule has 7 nitrogen and oxygen atoms in total. The average molecular weight is 490 g/mol. The number of benzene rings is 2. The second-order valence-electron chi connectivity index (χ2n) is 8.56. The third-order valence-corrected chi connectivity index (χ3v) is 8.44. The van der Waals surface area contributed by atoms with E-state index < -0.39 is 15.9 Å². The van der Waals surface area contributed by atoms with E-state index in [1.165, 1.54) is 16.4 Å². The van der Waals surface area contributed by atoms with Crippen LogP contribution < -0.4 is 5.32 Å². The lowest BCUT2D eigenvalue weighted by atomic mass is 9.98. The van der Waals surface area contributed by atoms with Crippen molar-refractivity contribution in [2.45, 2.75) is 43.7 Å². The Morgan fingerprint density at radius 3 is 2.45 bits per heavy atom. The molecule has 2 aromatic carbocycles. The molecule has 0 spiro atoms. The summed E-state index contributed by atoms with van der Waals surface area (Å²) >= 11 is 5.88. The van der Waals surface area contributed by atoms with Gasteiger partial charge in [-0.3, -0.25) is 9.59 Å². The van der Waals surface area contributed by atoms with Gasteiger partial charge in [-0.1, -0.05) is 35.9 Å². The monoisotopic (exact) mass is 489 g/mol. The summed E-state index contributed by atoms with van der Waals surface area (Å²) in [6.07, 6.45) is 2.74. The molecule has 2 saturated heterocycles. The van der Waals surface area contributed by atoms with Crippen LogP contribution in [0.3, 0.4) is 0 Å². The molecule has 2 aliphatic heterocycles.